The zero-order chi connectivity index (χ0) is 18.5. The fraction of sp³-hybridized carbons (Fsp3) is 0.714. The lowest BCUT2D eigenvalue weighted by Crippen LogP contribution is -2.43. The van der Waals surface area contributed by atoms with E-state index in [2.05, 4.69) is 10.6 Å². The fourth-order valence-corrected chi connectivity index (χ4v) is 3.88. The number of amides is 2. The molecule has 0 radical (unpaired) electrons. The predicted molar refractivity (Wildman–Crippen MR) is 93.9 cm³/mol. The van der Waals surface area contributed by atoms with Gasteiger partial charge in [0.15, 0.2) is 0 Å². The van der Waals surface area contributed by atoms with E-state index < -0.39 is 24.0 Å². The average Bonchev–Trinajstić information content (AvgIpc) is 2.49. The van der Waals surface area contributed by atoms with Gasteiger partial charge in [-0.2, -0.15) is 0 Å². The first-order chi connectivity index (χ1) is 11.3. The number of carboxylic acid groups (broad SMARTS) is 2. The van der Waals surface area contributed by atoms with E-state index in [1.165, 1.54) is 0 Å². The summed E-state index contributed by atoms with van der Waals surface area (Å²) in [5.41, 5.74) is 0. The van der Waals surface area contributed by atoms with Crippen LogP contribution in [-0.4, -0.2) is 57.6 Å². The number of hydrogen-bond acceptors (Lipinski definition) is 6. The molecule has 0 heterocycles. The quantitative estimate of drug-likeness (QED) is 0.276. The van der Waals surface area contributed by atoms with Crippen molar-refractivity contribution in [1.82, 2.24) is 10.6 Å². The smallest absolute Gasteiger partial charge is 0.327 e. The van der Waals surface area contributed by atoms with Crippen molar-refractivity contribution in [3.8, 4) is 0 Å². The molecule has 0 saturated heterocycles. The molecular weight excluding hydrogens is 356 g/mol. The van der Waals surface area contributed by atoms with Crippen molar-refractivity contribution in [3.05, 3.63) is 0 Å². The lowest BCUT2D eigenvalue weighted by atomic mass is 10.3. The van der Waals surface area contributed by atoms with Crippen LogP contribution in [0.5, 0.6) is 0 Å². The van der Waals surface area contributed by atoms with Gasteiger partial charge in [-0.05, 0) is 12.8 Å². The van der Waals surface area contributed by atoms with Crippen LogP contribution in [0.15, 0.2) is 0 Å². The van der Waals surface area contributed by atoms with Crippen LogP contribution in [0.3, 0.4) is 0 Å². The summed E-state index contributed by atoms with van der Waals surface area (Å²) in [6, 6.07) is -2.06. The third-order valence-corrected chi connectivity index (χ3v) is 5.20. The predicted octanol–water partition coefficient (Wildman–Crippen LogP) is 1.11. The summed E-state index contributed by atoms with van der Waals surface area (Å²) in [5.74, 6) is -2.73. The Bertz CT molecular complexity index is 407. The van der Waals surface area contributed by atoms with Gasteiger partial charge in [-0.15, -0.1) is 0 Å². The molecule has 0 fully saturated rings. The van der Waals surface area contributed by atoms with Gasteiger partial charge in [-0.1, -0.05) is 35.4 Å². The molecule has 0 rings (SSSR count). The number of carboxylic acids is 2. The molecule has 0 aromatic rings. The lowest BCUT2D eigenvalue weighted by molar-refractivity contribution is -0.141. The normalized spacial score (nSPS) is 12.9. The number of aliphatic carboxylic acids is 2. The van der Waals surface area contributed by atoms with Crippen molar-refractivity contribution >= 4 is 45.3 Å². The lowest BCUT2D eigenvalue weighted by Gasteiger charge is -2.16. The van der Waals surface area contributed by atoms with Crippen LogP contribution in [0.25, 0.3) is 0 Å². The van der Waals surface area contributed by atoms with Crippen molar-refractivity contribution in [2.75, 3.05) is 11.5 Å². The van der Waals surface area contributed by atoms with Crippen LogP contribution in [0.2, 0.25) is 0 Å². The standard InChI is InChI=1S/C14H24N2O6S2/c1-3-5-11(17)15-9(13(19)20)7-23-24-8-10(14(21)22)16-12(18)6-4-2/h9-10H,3-8H2,1-2H3,(H,15,17)(H,16,18)(H,19,20)(H,21,22). The number of nitrogens with one attached hydrogen (secondary N) is 2. The number of hydrogen-bond donors (Lipinski definition) is 4. The molecule has 0 aromatic carbocycles. The van der Waals surface area contributed by atoms with Gasteiger partial charge in [-0.25, -0.2) is 9.59 Å². The Labute approximate surface area is 148 Å². The fourth-order valence-electron chi connectivity index (χ4n) is 1.57. The summed E-state index contributed by atoms with van der Waals surface area (Å²) in [4.78, 5) is 45.1. The molecule has 0 bridgehead atoms. The van der Waals surface area contributed by atoms with E-state index in [4.69, 9.17) is 10.2 Å². The molecule has 0 aliphatic rings. The number of carbonyl (C=O) groups is 4. The van der Waals surface area contributed by atoms with Gasteiger partial charge in [0.25, 0.3) is 0 Å². The van der Waals surface area contributed by atoms with Crippen LogP contribution >= 0.6 is 21.6 Å². The molecule has 0 aliphatic carbocycles. The third kappa shape index (κ3) is 10.4. The van der Waals surface area contributed by atoms with Crippen LogP contribution in [0.4, 0.5) is 0 Å². The zero-order valence-electron chi connectivity index (χ0n) is 13.7. The second-order valence-electron chi connectivity index (χ2n) is 4.99. The SMILES string of the molecule is CCCC(=O)NC(CSSCC(NC(=O)CCC)C(=O)O)C(=O)O. The Morgan fingerprint density at radius 2 is 1.12 bits per heavy atom. The summed E-state index contributed by atoms with van der Waals surface area (Å²) in [5, 5.41) is 23.0. The van der Waals surface area contributed by atoms with Gasteiger partial charge in [0.05, 0.1) is 0 Å². The largest absolute Gasteiger partial charge is 0.480 e. The Morgan fingerprint density at radius 1 is 0.792 bits per heavy atom. The van der Waals surface area contributed by atoms with Crippen molar-refractivity contribution in [2.24, 2.45) is 0 Å². The molecule has 10 heteroatoms. The Kier molecular flexibility index (Phi) is 12.2. The van der Waals surface area contributed by atoms with E-state index in [-0.39, 0.29) is 36.2 Å². The van der Waals surface area contributed by atoms with E-state index in [1.54, 1.807) is 0 Å². The molecule has 0 aromatic heterocycles. The third-order valence-electron chi connectivity index (χ3n) is 2.77. The first-order valence-corrected chi connectivity index (χ1v) is 10.1. The van der Waals surface area contributed by atoms with Gasteiger partial charge in [-0.3, -0.25) is 9.59 Å². The molecule has 0 aliphatic heterocycles. The molecule has 2 amide bonds. The van der Waals surface area contributed by atoms with Gasteiger partial charge >= 0.3 is 11.9 Å². The highest BCUT2D eigenvalue weighted by Gasteiger charge is 2.22. The maximum absolute atomic E-state index is 11.5. The van der Waals surface area contributed by atoms with Gasteiger partial charge in [0, 0.05) is 24.3 Å². The minimum absolute atomic E-state index is 0.102. The van der Waals surface area contributed by atoms with Gasteiger partial charge < -0.3 is 20.8 Å². The number of rotatable bonds is 13. The summed E-state index contributed by atoms with van der Waals surface area (Å²) in [7, 11) is 2.28. The molecule has 2 atom stereocenters. The highest BCUT2D eigenvalue weighted by Crippen LogP contribution is 2.23. The maximum Gasteiger partial charge on any atom is 0.327 e. The minimum atomic E-state index is -1.14. The molecule has 0 saturated carbocycles. The summed E-state index contributed by atoms with van der Waals surface area (Å²) < 4.78 is 0. The average molecular weight is 380 g/mol. The minimum Gasteiger partial charge on any atom is -0.480 e. The maximum atomic E-state index is 11.5. The van der Waals surface area contributed by atoms with Crippen LogP contribution in [0.1, 0.15) is 39.5 Å². The summed E-state index contributed by atoms with van der Waals surface area (Å²) >= 11 is 0. The van der Waals surface area contributed by atoms with Crippen LogP contribution in [-0.2, 0) is 19.2 Å². The van der Waals surface area contributed by atoms with Crippen molar-refractivity contribution < 1.29 is 29.4 Å². The molecule has 4 N–H and O–H groups in total. The molecule has 138 valence electrons. The number of carbonyl (C=O) groups excluding carboxylic acids is 2. The Hall–Kier alpha value is -1.42. The Morgan fingerprint density at radius 3 is 1.38 bits per heavy atom. The zero-order valence-corrected chi connectivity index (χ0v) is 15.4. The molecule has 0 spiro atoms. The molecule has 8 nitrogen and oxygen atoms in total. The van der Waals surface area contributed by atoms with E-state index in [0.717, 1.165) is 21.6 Å². The first kappa shape index (κ1) is 22.6. The second-order valence-corrected chi connectivity index (χ2v) is 7.54. The van der Waals surface area contributed by atoms with Crippen molar-refractivity contribution in [1.29, 1.82) is 0 Å². The second kappa shape index (κ2) is 12.9. The topological polar surface area (TPSA) is 133 Å². The molecule has 2 unspecified atom stereocenters. The molecule has 24 heavy (non-hydrogen) atoms. The van der Waals surface area contributed by atoms with Crippen molar-refractivity contribution in [2.45, 2.75) is 51.6 Å². The Balaban J connectivity index is 4.28. The van der Waals surface area contributed by atoms with Crippen LogP contribution < -0.4 is 10.6 Å². The van der Waals surface area contributed by atoms with E-state index in [1.807, 2.05) is 13.8 Å². The monoisotopic (exact) mass is 380 g/mol. The van der Waals surface area contributed by atoms with E-state index in [9.17, 15) is 19.2 Å². The van der Waals surface area contributed by atoms with Gasteiger partial charge in [0.2, 0.25) is 11.8 Å². The van der Waals surface area contributed by atoms with E-state index in [0.29, 0.717) is 12.8 Å². The highest BCUT2D eigenvalue weighted by atomic mass is 33.1. The van der Waals surface area contributed by atoms with Gasteiger partial charge in [0.1, 0.15) is 12.1 Å². The van der Waals surface area contributed by atoms with Crippen LogP contribution in [0, 0.1) is 0 Å². The summed E-state index contributed by atoms with van der Waals surface area (Å²) in [6.07, 6.45) is 1.76. The van der Waals surface area contributed by atoms with E-state index >= 15 is 0 Å². The summed E-state index contributed by atoms with van der Waals surface area (Å²) in [6.45, 7) is 3.64. The highest BCUT2D eigenvalue weighted by molar-refractivity contribution is 8.76. The molecular formula is C14H24N2O6S2. The van der Waals surface area contributed by atoms with Crippen molar-refractivity contribution in [3.63, 3.8) is 0 Å². The first-order valence-electron chi connectivity index (χ1n) is 7.60.